The third kappa shape index (κ3) is 2.96. The topological polar surface area (TPSA) is 90.5 Å². The van der Waals surface area contributed by atoms with E-state index in [0.717, 1.165) is 10.6 Å². The highest BCUT2D eigenvalue weighted by Gasteiger charge is 2.11. The van der Waals surface area contributed by atoms with E-state index in [1.165, 1.54) is 7.05 Å². The Morgan fingerprint density at radius 3 is 2.71 bits per heavy atom. The predicted molar refractivity (Wildman–Crippen MR) is 58.9 cm³/mol. The number of hydrogen-bond acceptors (Lipinski definition) is 5. The fraction of sp³-hybridized carbons (Fsp3) is 0.500. The molecule has 0 aliphatic heterocycles. The summed E-state index contributed by atoms with van der Waals surface area (Å²) in [6, 6.07) is 0.870. The van der Waals surface area contributed by atoms with Crippen LogP contribution in [-0.4, -0.2) is 26.8 Å². The molecule has 0 saturated heterocycles. The van der Waals surface area contributed by atoms with Crippen molar-refractivity contribution in [3.8, 4) is 5.88 Å². The maximum absolute atomic E-state index is 11.6. The lowest BCUT2D eigenvalue weighted by Gasteiger charge is -2.07. The Morgan fingerprint density at radius 2 is 2.12 bits per heavy atom. The van der Waals surface area contributed by atoms with Crippen molar-refractivity contribution in [1.29, 1.82) is 0 Å². The Hall–Kier alpha value is -2.05. The summed E-state index contributed by atoms with van der Waals surface area (Å²) in [4.78, 5) is 34.3. The van der Waals surface area contributed by atoms with E-state index in [2.05, 4.69) is 0 Å². The molecule has 0 aromatic carbocycles. The Kier molecular flexibility index (Phi) is 4.08. The summed E-state index contributed by atoms with van der Waals surface area (Å²) in [5, 5.41) is 9.21. The van der Waals surface area contributed by atoms with E-state index in [1.807, 2.05) is 6.92 Å². The minimum absolute atomic E-state index is 0.242. The molecule has 7 heteroatoms. The summed E-state index contributed by atoms with van der Waals surface area (Å²) in [6.45, 7) is 1.62. The molecule has 0 bridgehead atoms. The molecule has 0 aliphatic carbocycles. The molecule has 0 unspecified atom stereocenters. The van der Waals surface area contributed by atoms with E-state index in [9.17, 15) is 19.5 Å². The molecule has 7 nitrogen and oxygen atoms in total. The molecule has 0 fully saturated rings. The van der Waals surface area contributed by atoms with E-state index in [4.69, 9.17) is 4.74 Å². The van der Waals surface area contributed by atoms with Crippen LogP contribution in [0.4, 0.5) is 0 Å². The Labute approximate surface area is 96.9 Å². The summed E-state index contributed by atoms with van der Waals surface area (Å²) >= 11 is 0. The molecular formula is C10H14N2O5. The van der Waals surface area contributed by atoms with Crippen molar-refractivity contribution in [3.05, 3.63) is 26.9 Å². The number of carbonyl (C=O) groups excluding carboxylic acids is 1. The van der Waals surface area contributed by atoms with Gasteiger partial charge in [-0.25, -0.2) is 9.36 Å². The number of nitrogens with zero attached hydrogens (tertiary/aromatic N) is 2. The molecule has 0 radical (unpaired) electrons. The summed E-state index contributed by atoms with van der Waals surface area (Å²) in [5.41, 5.74) is -1.50. The predicted octanol–water partition coefficient (Wildman–Crippen LogP) is -0.794. The summed E-state index contributed by atoms with van der Waals surface area (Å²) < 4.78 is 6.34. The largest absolute Gasteiger partial charge is 0.494 e. The van der Waals surface area contributed by atoms with Crippen LogP contribution in [0.2, 0.25) is 0 Å². The van der Waals surface area contributed by atoms with Crippen molar-refractivity contribution in [2.45, 2.75) is 19.9 Å². The molecule has 1 aromatic rings. The molecule has 0 amide bonds. The first-order valence-electron chi connectivity index (χ1n) is 5.12. The number of aromatic nitrogens is 2. The normalized spacial score (nSPS) is 10.2. The van der Waals surface area contributed by atoms with Crippen LogP contribution in [0.3, 0.4) is 0 Å². The molecular weight excluding hydrogens is 228 g/mol. The lowest BCUT2D eigenvalue weighted by Crippen LogP contribution is -2.40. The van der Waals surface area contributed by atoms with Gasteiger partial charge in [-0.05, 0) is 6.42 Å². The maximum Gasteiger partial charge on any atom is 0.334 e. The molecule has 0 spiro atoms. The van der Waals surface area contributed by atoms with Gasteiger partial charge in [-0.15, -0.1) is 0 Å². The van der Waals surface area contributed by atoms with E-state index in [-0.39, 0.29) is 6.61 Å². The van der Waals surface area contributed by atoms with E-state index >= 15 is 0 Å². The molecule has 1 N–H and O–H groups in total. The lowest BCUT2D eigenvalue weighted by molar-refractivity contribution is -0.144. The monoisotopic (exact) mass is 242 g/mol. The van der Waals surface area contributed by atoms with Gasteiger partial charge in [-0.3, -0.25) is 14.2 Å². The zero-order valence-corrected chi connectivity index (χ0v) is 9.67. The van der Waals surface area contributed by atoms with Gasteiger partial charge in [0, 0.05) is 7.05 Å². The summed E-state index contributed by atoms with van der Waals surface area (Å²) in [5.74, 6) is -1.10. The Morgan fingerprint density at radius 1 is 1.47 bits per heavy atom. The van der Waals surface area contributed by atoms with Crippen LogP contribution in [0.5, 0.6) is 5.88 Å². The second-order valence-electron chi connectivity index (χ2n) is 3.49. The summed E-state index contributed by atoms with van der Waals surface area (Å²) in [6.07, 6.45) is 0.661. The average Bonchev–Trinajstić information content (AvgIpc) is 2.29. The van der Waals surface area contributed by atoms with Crippen LogP contribution in [-0.2, 0) is 23.1 Å². The summed E-state index contributed by atoms with van der Waals surface area (Å²) in [7, 11) is 1.30. The number of esters is 1. The number of aromatic hydroxyl groups is 1. The molecule has 94 valence electrons. The highest BCUT2D eigenvalue weighted by Crippen LogP contribution is 1.96. The van der Waals surface area contributed by atoms with Crippen molar-refractivity contribution in [2.24, 2.45) is 7.05 Å². The minimum atomic E-state index is -0.761. The van der Waals surface area contributed by atoms with Gasteiger partial charge in [0.05, 0.1) is 12.7 Å². The average molecular weight is 242 g/mol. The Bertz CT molecular complexity index is 528. The first kappa shape index (κ1) is 13.0. The van der Waals surface area contributed by atoms with Gasteiger partial charge in [-0.2, -0.15) is 0 Å². The van der Waals surface area contributed by atoms with Crippen LogP contribution >= 0.6 is 0 Å². The SMILES string of the molecule is CCCOC(=O)Cn1c(=O)cc(O)n(C)c1=O. The van der Waals surface area contributed by atoms with Gasteiger partial charge in [0.25, 0.3) is 5.56 Å². The fourth-order valence-corrected chi connectivity index (χ4v) is 1.19. The zero-order valence-electron chi connectivity index (χ0n) is 9.67. The van der Waals surface area contributed by atoms with Gasteiger partial charge in [0.2, 0.25) is 0 Å². The number of carbonyl (C=O) groups is 1. The Balaban J connectivity index is 3.00. The molecule has 0 saturated carbocycles. The van der Waals surface area contributed by atoms with E-state index in [0.29, 0.717) is 11.0 Å². The lowest BCUT2D eigenvalue weighted by atomic mass is 10.5. The zero-order chi connectivity index (χ0) is 13.0. The van der Waals surface area contributed by atoms with Crippen LogP contribution < -0.4 is 11.2 Å². The first-order valence-corrected chi connectivity index (χ1v) is 5.12. The van der Waals surface area contributed by atoms with Gasteiger partial charge >= 0.3 is 11.7 Å². The quantitative estimate of drug-likeness (QED) is 0.698. The maximum atomic E-state index is 11.6. The van der Waals surface area contributed by atoms with Crippen molar-refractivity contribution < 1.29 is 14.6 Å². The van der Waals surface area contributed by atoms with Gasteiger partial charge in [-0.1, -0.05) is 6.92 Å². The van der Waals surface area contributed by atoms with Crippen LogP contribution in [0.25, 0.3) is 0 Å². The molecule has 0 atom stereocenters. The van der Waals surface area contributed by atoms with Gasteiger partial charge < -0.3 is 9.84 Å². The smallest absolute Gasteiger partial charge is 0.334 e. The molecule has 1 aromatic heterocycles. The first-order chi connectivity index (χ1) is 7.97. The molecule has 1 heterocycles. The van der Waals surface area contributed by atoms with Crippen molar-refractivity contribution in [2.75, 3.05) is 6.61 Å². The van der Waals surface area contributed by atoms with Crippen LogP contribution in [0, 0.1) is 0 Å². The number of ether oxygens (including phenoxy) is 1. The molecule has 17 heavy (non-hydrogen) atoms. The second-order valence-corrected chi connectivity index (χ2v) is 3.49. The van der Waals surface area contributed by atoms with Crippen molar-refractivity contribution >= 4 is 5.97 Å². The van der Waals surface area contributed by atoms with Crippen LogP contribution in [0.15, 0.2) is 15.7 Å². The fourth-order valence-electron chi connectivity index (χ4n) is 1.19. The van der Waals surface area contributed by atoms with E-state index in [1.54, 1.807) is 0 Å². The molecule has 0 aliphatic rings. The standard InChI is InChI=1S/C10H14N2O5/c1-3-4-17-9(15)6-12-8(14)5-7(13)11(2)10(12)16/h5,13H,3-4,6H2,1-2H3. The van der Waals surface area contributed by atoms with Gasteiger partial charge in [0.15, 0.2) is 5.88 Å². The van der Waals surface area contributed by atoms with Crippen LogP contribution in [0.1, 0.15) is 13.3 Å². The highest BCUT2D eigenvalue weighted by atomic mass is 16.5. The van der Waals surface area contributed by atoms with Gasteiger partial charge in [0.1, 0.15) is 6.54 Å². The number of rotatable bonds is 4. The van der Waals surface area contributed by atoms with Crippen molar-refractivity contribution in [1.82, 2.24) is 9.13 Å². The highest BCUT2D eigenvalue weighted by molar-refractivity contribution is 5.69. The minimum Gasteiger partial charge on any atom is -0.494 e. The van der Waals surface area contributed by atoms with Crippen molar-refractivity contribution in [3.63, 3.8) is 0 Å². The number of hydrogen-bond donors (Lipinski definition) is 1. The van der Waals surface area contributed by atoms with E-state index < -0.39 is 29.6 Å². The third-order valence-electron chi connectivity index (χ3n) is 2.13. The second kappa shape index (κ2) is 5.33. The molecule has 1 rings (SSSR count). The third-order valence-corrected chi connectivity index (χ3v) is 2.13.